The van der Waals surface area contributed by atoms with Crippen molar-refractivity contribution >= 4 is 0 Å². The molecule has 1 spiro atoms. The van der Waals surface area contributed by atoms with E-state index < -0.39 is 41.0 Å². The standard InChI is InChI=1S/C38H48O6/c1-2-3-16-25-41-34-32(42-26-29-17-8-4-9-18-29)33(43-27-30-19-10-5-11-20-30)35(44-28-31-21-12-6-13-22-31)38(40)36(37(34,38)39)23-14-7-15-24-36/h4-6,8-13,17-22,32-35,39-40H,2-3,7,14-16,23-28H2,1H3. The molecule has 0 heterocycles. The molecule has 0 amide bonds. The minimum atomic E-state index is -1.53. The number of hydrogen-bond donors (Lipinski definition) is 2. The molecule has 236 valence electrons. The lowest BCUT2D eigenvalue weighted by Gasteiger charge is -2.46. The fourth-order valence-corrected chi connectivity index (χ4v) is 8.08. The lowest BCUT2D eigenvalue weighted by atomic mass is 9.81. The topological polar surface area (TPSA) is 77.4 Å². The molecular formula is C38H48O6. The Bertz CT molecular complexity index is 1300. The van der Waals surface area contributed by atoms with Gasteiger partial charge >= 0.3 is 0 Å². The molecule has 3 aliphatic rings. The number of benzene rings is 3. The zero-order valence-corrected chi connectivity index (χ0v) is 26.0. The van der Waals surface area contributed by atoms with Crippen molar-refractivity contribution in [3.8, 4) is 0 Å². The number of ether oxygens (including phenoxy) is 4. The van der Waals surface area contributed by atoms with Crippen molar-refractivity contribution in [2.24, 2.45) is 5.41 Å². The summed E-state index contributed by atoms with van der Waals surface area (Å²) in [6.07, 6.45) is 4.50. The van der Waals surface area contributed by atoms with Crippen molar-refractivity contribution in [2.75, 3.05) is 6.61 Å². The highest BCUT2D eigenvalue weighted by atomic mass is 16.6. The summed E-state index contributed by atoms with van der Waals surface area (Å²) in [6, 6.07) is 30.1. The van der Waals surface area contributed by atoms with Crippen molar-refractivity contribution in [2.45, 2.75) is 114 Å². The molecule has 3 aromatic rings. The van der Waals surface area contributed by atoms with E-state index in [0.717, 1.165) is 68.1 Å². The smallest absolute Gasteiger partial charge is 0.134 e. The SMILES string of the molecule is CCCCCOC1C(OCc2ccccc2)C(OCc2ccccc2)C(OCc2ccccc2)C2(O)C3(CCCCC3)C12O. The van der Waals surface area contributed by atoms with E-state index in [1.165, 1.54) is 0 Å². The molecule has 3 aliphatic carbocycles. The lowest BCUT2D eigenvalue weighted by Crippen LogP contribution is -2.66. The Hall–Kier alpha value is -2.58. The molecule has 6 rings (SSSR count). The molecule has 0 aliphatic heterocycles. The van der Waals surface area contributed by atoms with Crippen LogP contribution in [0.1, 0.15) is 75.0 Å². The highest BCUT2D eigenvalue weighted by molar-refractivity contribution is 5.44. The molecule has 3 aromatic carbocycles. The van der Waals surface area contributed by atoms with E-state index >= 15 is 0 Å². The van der Waals surface area contributed by atoms with E-state index in [4.69, 9.17) is 18.9 Å². The molecule has 0 radical (unpaired) electrons. The summed E-state index contributed by atoms with van der Waals surface area (Å²) in [6.45, 7) is 3.60. The van der Waals surface area contributed by atoms with Gasteiger partial charge in [-0.2, -0.15) is 0 Å². The fraction of sp³-hybridized carbons (Fsp3) is 0.526. The van der Waals surface area contributed by atoms with Crippen LogP contribution >= 0.6 is 0 Å². The molecule has 6 unspecified atom stereocenters. The largest absolute Gasteiger partial charge is 0.383 e. The van der Waals surface area contributed by atoms with E-state index in [-0.39, 0.29) is 0 Å². The zero-order valence-electron chi connectivity index (χ0n) is 26.0. The normalized spacial score (nSPS) is 30.6. The van der Waals surface area contributed by atoms with Crippen molar-refractivity contribution in [3.63, 3.8) is 0 Å². The van der Waals surface area contributed by atoms with Gasteiger partial charge in [0.15, 0.2) is 0 Å². The van der Waals surface area contributed by atoms with Gasteiger partial charge in [0.1, 0.15) is 35.6 Å². The highest BCUT2D eigenvalue weighted by Gasteiger charge is 2.95. The van der Waals surface area contributed by atoms with Crippen molar-refractivity contribution in [1.82, 2.24) is 0 Å². The van der Waals surface area contributed by atoms with Gasteiger partial charge in [0, 0.05) is 12.0 Å². The molecular weight excluding hydrogens is 552 g/mol. The third-order valence-electron chi connectivity index (χ3n) is 10.3. The molecule has 3 saturated carbocycles. The van der Waals surface area contributed by atoms with Crippen LogP contribution in [0.4, 0.5) is 0 Å². The van der Waals surface area contributed by atoms with E-state index in [1.807, 2.05) is 91.0 Å². The van der Waals surface area contributed by atoms with Gasteiger partial charge in [-0.3, -0.25) is 0 Å². The van der Waals surface area contributed by atoms with Gasteiger partial charge in [-0.25, -0.2) is 0 Å². The zero-order chi connectivity index (χ0) is 30.5. The third-order valence-corrected chi connectivity index (χ3v) is 10.3. The molecule has 0 saturated heterocycles. The van der Waals surface area contributed by atoms with Crippen LogP contribution in [0.3, 0.4) is 0 Å². The van der Waals surface area contributed by atoms with Crippen LogP contribution in [-0.4, -0.2) is 52.4 Å². The van der Waals surface area contributed by atoms with Crippen molar-refractivity contribution in [1.29, 1.82) is 0 Å². The number of unbranched alkanes of at least 4 members (excludes halogenated alkanes) is 2. The van der Waals surface area contributed by atoms with Crippen LogP contribution in [0.25, 0.3) is 0 Å². The third kappa shape index (κ3) is 5.66. The molecule has 6 nitrogen and oxygen atoms in total. The Morgan fingerprint density at radius 1 is 0.568 bits per heavy atom. The van der Waals surface area contributed by atoms with Crippen LogP contribution < -0.4 is 0 Å². The Morgan fingerprint density at radius 2 is 1.00 bits per heavy atom. The fourth-order valence-electron chi connectivity index (χ4n) is 8.08. The first-order chi connectivity index (χ1) is 21.5. The molecule has 3 fully saturated rings. The predicted molar refractivity (Wildman–Crippen MR) is 170 cm³/mol. The molecule has 44 heavy (non-hydrogen) atoms. The first-order valence-electron chi connectivity index (χ1n) is 16.6. The predicted octanol–water partition coefficient (Wildman–Crippen LogP) is 6.76. The maximum atomic E-state index is 12.9. The highest BCUT2D eigenvalue weighted by Crippen LogP contribution is 2.77. The van der Waals surface area contributed by atoms with Crippen molar-refractivity contribution in [3.05, 3.63) is 108 Å². The second-order valence-corrected chi connectivity index (χ2v) is 12.9. The van der Waals surface area contributed by atoms with Gasteiger partial charge in [-0.05, 0) is 36.0 Å². The molecule has 6 atom stereocenters. The van der Waals surface area contributed by atoms with Gasteiger partial charge < -0.3 is 29.2 Å². The maximum absolute atomic E-state index is 12.9. The summed E-state index contributed by atoms with van der Waals surface area (Å²) in [5, 5.41) is 25.7. The molecule has 0 aromatic heterocycles. The minimum absolute atomic E-state index is 0.290. The average molecular weight is 601 g/mol. The maximum Gasteiger partial charge on any atom is 0.134 e. The number of fused-ring (bicyclic) bond motifs is 3. The average Bonchev–Trinajstić information content (AvgIpc) is 3.49. The Morgan fingerprint density at radius 3 is 1.45 bits per heavy atom. The van der Waals surface area contributed by atoms with E-state index in [0.29, 0.717) is 26.4 Å². The molecule has 2 N–H and O–H groups in total. The summed E-state index contributed by atoms with van der Waals surface area (Å²) in [5.74, 6) is 0. The monoisotopic (exact) mass is 600 g/mol. The first kappa shape index (κ1) is 31.4. The van der Waals surface area contributed by atoms with Gasteiger partial charge in [0.2, 0.25) is 0 Å². The number of rotatable bonds is 14. The van der Waals surface area contributed by atoms with Gasteiger partial charge in [0.05, 0.1) is 19.8 Å². The minimum Gasteiger partial charge on any atom is -0.383 e. The van der Waals surface area contributed by atoms with Crippen LogP contribution in [-0.2, 0) is 38.8 Å². The molecule has 0 bridgehead atoms. The van der Waals surface area contributed by atoms with Crippen LogP contribution in [0.5, 0.6) is 0 Å². The summed E-state index contributed by atoms with van der Waals surface area (Å²) < 4.78 is 26.9. The Balaban J connectivity index is 1.39. The van der Waals surface area contributed by atoms with Crippen LogP contribution in [0, 0.1) is 5.41 Å². The van der Waals surface area contributed by atoms with E-state index in [1.54, 1.807) is 0 Å². The summed E-state index contributed by atoms with van der Waals surface area (Å²) in [4.78, 5) is 0. The Kier molecular flexibility index (Phi) is 9.86. The Labute approximate surface area is 262 Å². The van der Waals surface area contributed by atoms with Gasteiger partial charge in [-0.1, -0.05) is 130 Å². The molecule has 6 heteroatoms. The first-order valence-corrected chi connectivity index (χ1v) is 16.6. The number of aliphatic hydroxyl groups is 2. The van der Waals surface area contributed by atoms with Gasteiger partial charge in [0.25, 0.3) is 0 Å². The summed E-state index contributed by atoms with van der Waals surface area (Å²) in [7, 11) is 0. The number of hydrogen-bond acceptors (Lipinski definition) is 6. The van der Waals surface area contributed by atoms with Gasteiger partial charge in [-0.15, -0.1) is 0 Å². The second kappa shape index (κ2) is 13.8. The van der Waals surface area contributed by atoms with Crippen LogP contribution in [0.15, 0.2) is 91.0 Å². The lowest BCUT2D eigenvalue weighted by molar-refractivity contribution is -0.272. The second-order valence-electron chi connectivity index (χ2n) is 12.9. The van der Waals surface area contributed by atoms with Crippen LogP contribution in [0.2, 0.25) is 0 Å². The van der Waals surface area contributed by atoms with E-state index in [9.17, 15) is 10.2 Å². The van der Waals surface area contributed by atoms with Crippen molar-refractivity contribution < 1.29 is 29.2 Å². The summed E-state index contributed by atoms with van der Waals surface area (Å²) >= 11 is 0. The van der Waals surface area contributed by atoms with E-state index in [2.05, 4.69) is 6.92 Å². The summed E-state index contributed by atoms with van der Waals surface area (Å²) in [5.41, 5.74) is -0.738. The quantitative estimate of drug-likeness (QED) is 0.199.